The summed E-state index contributed by atoms with van der Waals surface area (Å²) >= 11 is 0. The van der Waals surface area contributed by atoms with E-state index in [1.165, 1.54) is 12.1 Å². The zero-order valence-electron chi connectivity index (χ0n) is 22.3. The number of nitro benzene ring substituents is 2. The predicted molar refractivity (Wildman–Crippen MR) is 143 cm³/mol. The molecule has 2 atom stereocenters. The second-order valence-corrected chi connectivity index (χ2v) is 9.62. The maximum atomic E-state index is 13.2. The fourth-order valence-corrected chi connectivity index (χ4v) is 4.87. The van der Waals surface area contributed by atoms with E-state index in [1.54, 1.807) is 32.9 Å². The first-order valence-electron chi connectivity index (χ1n) is 12.5. The summed E-state index contributed by atoms with van der Waals surface area (Å²) in [5, 5.41) is 42.5. The van der Waals surface area contributed by atoms with Crippen LogP contribution >= 0.6 is 0 Å². The van der Waals surface area contributed by atoms with Crippen LogP contribution in [0.15, 0.2) is 45.4 Å². The van der Waals surface area contributed by atoms with Crippen molar-refractivity contribution in [2.24, 2.45) is 0 Å². The van der Waals surface area contributed by atoms with E-state index in [4.69, 9.17) is 9.05 Å². The molecular formula is C27H28FN5O7. The Labute approximate surface area is 228 Å². The van der Waals surface area contributed by atoms with Gasteiger partial charge in [0.25, 0.3) is 5.69 Å². The first-order chi connectivity index (χ1) is 19.0. The summed E-state index contributed by atoms with van der Waals surface area (Å²) in [6.45, 7) is 7.02. The molecule has 0 saturated heterocycles. The summed E-state index contributed by atoms with van der Waals surface area (Å²) in [5.41, 5.74) is 3.94. The normalized spacial score (nSPS) is 16.4. The van der Waals surface area contributed by atoms with Crippen LogP contribution < -0.4 is 5.32 Å². The molecule has 0 unspecified atom stereocenters. The average molecular weight is 554 g/mol. The van der Waals surface area contributed by atoms with Crippen molar-refractivity contribution in [3.63, 3.8) is 0 Å². The molecule has 0 amide bonds. The number of aliphatic hydroxyl groups excluding tert-OH is 1. The number of hydrogen-bond donors (Lipinski definition) is 2. The Morgan fingerprint density at radius 1 is 0.875 bits per heavy atom. The minimum absolute atomic E-state index is 0.0175. The topological polar surface area (TPSA) is 171 Å². The lowest BCUT2D eigenvalue weighted by Crippen LogP contribution is -2.17. The molecule has 210 valence electrons. The van der Waals surface area contributed by atoms with Gasteiger partial charge in [-0.05, 0) is 70.2 Å². The number of benzene rings is 2. The molecule has 2 aromatic carbocycles. The Balaban J connectivity index is 0.000000194. The highest BCUT2D eigenvalue weighted by molar-refractivity contribution is 5.75. The van der Waals surface area contributed by atoms with Gasteiger partial charge in [-0.1, -0.05) is 22.4 Å². The summed E-state index contributed by atoms with van der Waals surface area (Å²) in [6.07, 6.45) is 1.82. The van der Waals surface area contributed by atoms with Crippen LogP contribution in [0.5, 0.6) is 0 Å². The molecule has 13 heteroatoms. The summed E-state index contributed by atoms with van der Waals surface area (Å²) < 4.78 is 23.3. The molecule has 0 bridgehead atoms. The van der Waals surface area contributed by atoms with E-state index < -0.39 is 21.4 Å². The van der Waals surface area contributed by atoms with Gasteiger partial charge in [-0.15, -0.1) is 0 Å². The number of anilines is 1. The standard InChI is InChI=1S/C16H19N3O4.C11H9FN2O3/c1-9-16(10(2)23-18-9)11-3-6-14(15(7-11)19(21)22)17-12-4-5-13(20)8-12;1-6-11(7(2)17-13-6)8-3-4-9(12)10(5-8)14(15)16/h3,6-7,12-13,17,20H,4-5,8H2,1-2H3;3-5H,1-2H3/t12-,13-;/m1./s1. The number of aliphatic hydroxyl groups is 1. The van der Waals surface area contributed by atoms with E-state index in [-0.39, 0.29) is 17.8 Å². The second-order valence-electron chi connectivity index (χ2n) is 9.62. The number of aryl methyl sites for hydroxylation is 4. The van der Waals surface area contributed by atoms with Gasteiger partial charge in [-0.25, -0.2) is 0 Å². The lowest BCUT2D eigenvalue weighted by molar-refractivity contribution is -0.387. The number of aromatic nitrogens is 2. The largest absolute Gasteiger partial charge is 0.393 e. The Kier molecular flexibility index (Phi) is 8.24. The van der Waals surface area contributed by atoms with Gasteiger partial charge in [0, 0.05) is 29.3 Å². The Morgan fingerprint density at radius 3 is 1.85 bits per heavy atom. The molecule has 0 radical (unpaired) electrons. The van der Waals surface area contributed by atoms with Crippen molar-refractivity contribution in [1.82, 2.24) is 10.3 Å². The molecule has 2 aromatic heterocycles. The lowest BCUT2D eigenvalue weighted by Gasteiger charge is -2.14. The van der Waals surface area contributed by atoms with Gasteiger partial charge in [0.2, 0.25) is 5.82 Å². The van der Waals surface area contributed by atoms with Crippen LogP contribution in [0.25, 0.3) is 22.3 Å². The van der Waals surface area contributed by atoms with Gasteiger partial charge < -0.3 is 19.5 Å². The molecule has 2 heterocycles. The van der Waals surface area contributed by atoms with Crippen LogP contribution in [0, 0.1) is 53.7 Å². The zero-order valence-corrected chi connectivity index (χ0v) is 22.3. The average Bonchev–Trinajstić information content (AvgIpc) is 3.58. The lowest BCUT2D eigenvalue weighted by atomic mass is 10.0. The first kappa shape index (κ1) is 28.4. The number of nitrogens with one attached hydrogen (secondary N) is 1. The van der Waals surface area contributed by atoms with Crippen molar-refractivity contribution in [2.75, 3.05) is 5.32 Å². The third kappa shape index (κ3) is 5.99. The molecule has 5 rings (SSSR count). The van der Waals surface area contributed by atoms with E-state index in [1.807, 2.05) is 13.0 Å². The summed E-state index contributed by atoms with van der Waals surface area (Å²) in [6, 6.07) is 8.86. The Morgan fingerprint density at radius 2 is 1.40 bits per heavy atom. The highest BCUT2D eigenvalue weighted by Crippen LogP contribution is 2.35. The number of hydrogen-bond acceptors (Lipinski definition) is 10. The second kappa shape index (κ2) is 11.6. The maximum Gasteiger partial charge on any atom is 0.305 e. The monoisotopic (exact) mass is 553 g/mol. The van der Waals surface area contributed by atoms with Gasteiger partial charge in [-0.2, -0.15) is 4.39 Å². The van der Waals surface area contributed by atoms with Crippen LogP contribution in [0.4, 0.5) is 21.5 Å². The highest BCUT2D eigenvalue weighted by atomic mass is 19.1. The number of rotatable bonds is 6. The molecule has 1 aliphatic carbocycles. The Hall–Kier alpha value is -4.65. The smallest absolute Gasteiger partial charge is 0.305 e. The third-order valence-electron chi connectivity index (χ3n) is 6.75. The van der Waals surface area contributed by atoms with Crippen LogP contribution in [0.1, 0.15) is 42.2 Å². The minimum atomic E-state index is -0.856. The van der Waals surface area contributed by atoms with Gasteiger partial charge in [0.05, 0.1) is 27.3 Å². The van der Waals surface area contributed by atoms with Crippen LogP contribution in [0.2, 0.25) is 0 Å². The maximum absolute atomic E-state index is 13.2. The van der Waals surface area contributed by atoms with Crippen molar-refractivity contribution in [1.29, 1.82) is 0 Å². The van der Waals surface area contributed by atoms with Crippen molar-refractivity contribution in [2.45, 2.75) is 59.1 Å². The molecular weight excluding hydrogens is 525 g/mol. The quantitative estimate of drug-likeness (QED) is 0.207. The van der Waals surface area contributed by atoms with Crippen LogP contribution in [0.3, 0.4) is 0 Å². The summed E-state index contributed by atoms with van der Waals surface area (Å²) in [4.78, 5) is 20.9. The van der Waals surface area contributed by atoms with Gasteiger partial charge in [0.1, 0.15) is 17.2 Å². The Bertz CT molecular complexity index is 1530. The minimum Gasteiger partial charge on any atom is -0.393 e. The van der Waals surface area contributed by atoms with Gasteiger partial charge in [0.15, 0.2) is 0 Å². The molecule has 1 fully saturated rings. The van der Waals surface area contributed by atoms with E-state index in [0.29, 0.717) is 51.7 Å². The SMILES string of the molecule is Cc1noc(C)c1-c1ccc(F)c([N+](=O)[O-])c1.Cc1noc(C)c1-c1ccc(N[C@@H]2CC[C@@H](O)C2)c([N+](=O)[O-])c1. The highest BCUT2D eigenvalue weighted by Gasteiger charge is 2.26. The van der Waals surface area contributed by atoms with E-state index in [2.05, 4.69) is 15.6 Å². The molecule has 4 aromatic rings. The first-order valence-corrected chi connectivity index (χ1v) is 12.5. The van der Waals surface area contributed by atoms with Crippen LogP contribution in [-0.2, 0) is 0 Å². The van der Waals surface area contributed by atoms with Crippen molar-refractivity contribution < 1.29 is 28.4 Å². The molecule has 40 heavy (non-hydrogen) atoms. The van der Waals surface area contributed by atoms with Gasteiger partial charge >= 0.3 is 5.69 Å². The third-order valence-corrected chi connectivity index (χ3v) is 6.75. The molecule has 12 nitrogen and oxygen atoms in total. The predicted octanol–water partition coefficient (Wildman–Crippen LogP) is 6.20. The number of nitrogens with zero attached hydrogens (tertiary/aromatic N) is 4. The number of halogens is 1. The van der Waals surface area contributed by atoms with Crippen molar-refractivity contribution in [3.05, 3.63) is 85.4 Å². The summed E-state index contributed by atoms with van der Waals surface area (Å²) in [5.74, 6) is 0.324. The molecule has 1 saturated carbocycles. The molecule has 2 N–H and O–H groups in total. The molecule has 0 spiro atoms. The van der Waals surface area contributed by atoms with E-state index >= 15 is 0 Å². The van der Waals surface area contributed by atoms with Crippen molar-refractivity contribution in [3.8, 4) is 22.3 Å². The van der Waals surface area contributed by atoms with Crippen molar-refractivity contribution >= 4 is 17.1 Å². The fraction of sp³-hybridized carbons (Fsp3) is 0.333. The van der Waals surface area contributed by atoms with E-state index in [0.717, 1.165) is 24.5 Å². The fourth-order valence-electron chi connectivity index (χ4n) is 4.87. The van der Waals surface area contributed by atoms with Gasteiger partial charge in [-0.3, -0.25) is 20.2 Å². The number of nitro groups is 2. The molecule has 0 aliphatic heterocycles. The zero-order chi connectivity index (χ0) is 29.1. The molecule has 1 aliphatic rings. The van der Waals surface area contributed by atoms with E-state index in [9.17, 15) is 29.7 Å². The summed E-state index contributed by atoms with van der Waals surface area (Å²) in [7, 11) is 0. The van der Waals surface area contributed by atoms with Crippen LogP contribution in [-0.4, -0.2) is 37.4 Å².